The summed E-state index contributed by atoms with van der Waals surface area (Å²) in [6.45, 7) is 1.47. The third-order valence-corrected chi connectivity index (χ3v) is 6.94. The number of anilines is 1. The maximum atomic E-state index is 12.9. The number of ether oxygens (including phenoxy) is 2. The van der Waals surface area contributed by atoms with Gasteiger partial charge >= 0.3 is 11.9 Å². The van der Waals surface area contributed by atoms with Crippen LogP contribution in [-0.4, -0.2) is 36.0 Å². The Balaban J connectivity index is 1.38. The molecule has 2 heterocycles. The van der Waals surface area contributed by atoms with E-state index in [1.807, 2.05) is 18.2 Å². The van der Waals surface area contributed by atoms with Gasteiger partial charge < -0.3 is 19.2 Å². The normalized spacial score (nSPS) is 13.0. The number of thiophene rings is 1. The summed E-state index contributed by atoms with van der Waals surface area (Å²) in [5, 5.41) is 3.15. The first kappa shape index (κ1) is 21.8. The van der Waals surface area contributed by atoms with Gasteiger partial charge in [-0.2, -0.15) is 0 Å². The van der Waals surface area contributed by atoms with E-state index in [9.17, 15) is 14.4 Å². The van der Waals surface area contributed by atoms with Gasteiger partial charge in [-0.05, 0) is 54.7 Å². The molecule has 1 atom stereocenters. The first-order chi connectivity index (χ1) is 16.5. The van der Waals surface area contributed by atoms with Crippen LogP contribution in [0.5, 0.6) is 0 Å². The van der Waals surface area contributed by atoms with E-state index in [0.717, 1.165) is 22.4 Å². The van der Waals surface area contributed by atoms with Crippen LogP contribution in [0.4, 0.5) is 5.00 Å². The molecule has 0 saturated heterocycles. The predicted molar refractivity (Wildman–Crippen MR) is 126 cm³/mol. The maximum absolute atomic E-state index is 12.9. The Morgan fingerprint density at radius 3 is 2.76 bits per heavy atom. The van der Waals surface area contributed by atoms with Gasteiger partial charge in [0.15, 0.2) is 18.1 Å². The number of hydrogen-bond donors (Lipinski definition) is 1. The van der Waals surface area contributed by atoms with Gasteiger partial charge in [-0.15, -0.1) is 11.3 Å². The van der Waals surface area contributed by atoms with Gasteiger partial charge in [0.1, 0.15) is 10.5 Å². The highest BCUT2D eigenvalue weighted by atomic mass is 32.1. The molecule has 172 valence electrons. The molecular formula is C25H20N2O6S. The van der Waals surface area contributed by atoms with Crippen LogP contribution in [0.2, 0.25) is 0 Å². The van der Waals surface area contributed by atoms with Crippen molar-refractivity contribution < 1.29 is 28.3 Å². The Morgan fingerprint density at radius 1 is 1.12 bits per heavy atom. The van der Waals surface area contributed by atoms with Gasteiger partial charge in [0.25, 0.3) is 5.91 Å². The molecule has 2 aromatic carbocycles. The smallest absolute Gasteiger partial charge is 0.341 e. The highest BCUT2D eigenvalue weighted by molar-refractivity contribution is 7.20. The van der Waals surface area contributed by atoms with Crippen LogP contribution in [0.25, 0.3) is 21.5 Å². The van der Waals surface area contributed by atoms with Crippen molar-refractivity contribution in [2.75, 3.05) is 12.4 Å². The molecule has 2 aromatic heterocycles. The molecule has 34 heavy (non-hydrogen) atoms. The standard InChI is InChI=1S/C25H20N2O6S/c1-13(33-24(29)15-8-10-19-18(11-15)26-12-32-19)22(28)27-23-20(25(30)31-2)17-9-7-14-5-3-4-6-16(14)21(17)34-23/h3-6,8,10-13H,7,9H2,1-2H3,(H,27,28). The zero-order chi connectivity index (χ0) is 23.8. The van der Waals surface area contributed by atoms with Crippen molar-refractivity contribution >= 4 is 45.3 Å². The lowest BCUT2D eigenvalue weighted by Gasteiger charge is -2.16. The number of rotatable bonds is 5. The maximum Gasteiger partial charge on any atom is 0.341 e. The largest absolute Gasteiger partial charge is 0.465 e. The molecule has 1 amide bonds. The molecule has 8 nitrogen and oxygen atoms in total. The van der Waals surface area contributed by atoms with Gasteiger partial charge in [0.05, 0.1) is 18.2 Å². The van der Waals surface area contributed by atoms with E-state index in [2.05, 4.69) is 16.4 Å². The molecule has 0 bridgehead atoms. The molecule has 9 heteroatoms. The number of amides is 1. The highest BCUT2D eigenvalue weighted by Gasteiger charge is 2.30. The number of aromatic nitrogens is 1. The van der Waals surface area contributed by atoms with Crippen LogP contribution in [0, 0.1) is 0 Å². The van der Waals surface area contributed by atoms with Crippen LogP contribution in [-0.2, 0) is 27.1 Å². The second-order valence-electron chi connectivity index (χ2n) is 7.83. The number of nitrogens with one attached hydrogen (secondary N) is 1. The van der Waals surface area contributed by atoms with Crippen LogP contribution in [0.1, 0.15) is 38.8 Å². The number of methoxy groups -OCH3 is 1. The van der Waals surface area contributed by atoms with E-state index in [4.69, 9.17) is 13.9 Å². The van der Waals surface area contributed by atoms with E-state index >= 15 is 0 Å². The van der Waals surface area contributed by atoms with Gasteiger partial charge in [0.2, 0.25) is 0 Å². The Hall–Kier alpha value is -3.98. The number of hydrogen-bond acceptors (Lipinski definition) is 8. The number of carbonyl (C=O) groups is 3. The van der Waals surface area contributed by atoms with E-state index in [0.29, 0.717) is 28.1 Å². The summed E-state index contributed by atoms with van der Waals surface area (Å²) in [7, 11) is 1.31. The Morgan fingerprint density at radius 2 is 1.94 bits per heavy atom. The molecule has 5 rings (SSSR count). The fraction of sp³-hybridized carbons (Fsp3) is 0.200. The summed E-state index contributed by atoms with van der Waals surface area (Å²) in [6, 6.07) is 12.7. The molecular weight excluding hydrogens is 456 g/mol. The van der Waals surface area contributed by atoms with E-state index in [-0.39, 0.29) is 5.56 Å². The number of oxazole rings is 1. The summed E-state index contributed by atoms with van der Waals surface area (Å²) < 4.78 is 15.5. The van der Waals surface area contributed by atoms with Crippen molar-refractivity contribution in [2.24, 2.45) is 0 Å². The van der Waals surface area contributed by atoms with Crippen molar-refractivity contribution in [3.8, 4) is 10.4 Å². The monoisotopic (exact) mass is 476 g/mol. The minimum absolute atomic E-state index is 0.250. The summed E-state index contributed by atoms with van der Waals surface area (Å²) in [6.07, 6.45) is 1.64. The van der Waals surface area contributed by atoms with Crippen molar-refractivity contribution in [2.45, 2.75) is 25.9 Å². The molecule has 0 fully saturated rings. The second kappa shape index (κ2) is 8.75. The van der Waals surface area contributed by atoms with Crippen molar-refractivity contribution in [1.29, 1.82) is 0 Å². The highest BCUT2D eigenvalue weighted by Crippen LogP contribution is 2.45. The van der Waals surface area contributed by atoms with Crippen molar-refractivity contribution in [3.63, 3.8) is 0 Å². The molecule has 0 saturated carbocycles. The molecule has 4 aromatic rings. The minimum atomic E-state index is -1.10. The molecule has 0 aliphatic heterocycles. The van der Waals surface area contributed by atoms with Gasteiger partial charge in [0, 0.05) is 4.88 Å². The Labute approximate surface area is 198 Å². The Kier molecular flexibility index (Phi) is 5.62. The first-order valence-electron chi connectivity index (χ1n) is 10.6. The number of benzene rings is 2. The van der Waals surface area contributed by atoms with Crippen LogP contribution >= 0.6 is 11.3 Å². The summed E-state index contributed by atoms with van der Waals surface area (Å²) in [5.41, 5.74) is 4.75. The number of fused-ring (bicyclic) bond motifs is 4. The third-order valence-electron chi connectivity index (χ3n) is 5.76. The zero-order valence-corrected chi connectivity index (χ0v) is 19.2. The lowest BCUT2D eigenvalue weighted by atomic mass is 9.89. The van der Waals surface area contributed by atoms with Gasteiger partial charge in [-0.25, -0.2) is 14.6 Å². The SMILES string of the molecule is COC(=O)c1c(NC(=O)C(C)OC(=O)c2ccc3ocnc3c2)sc2c1CCc1ccccc1-2. The van der Waals surface area contributed by atoms with Crippen LogP contribution in [0.15, 0.2) is 53.3 Å². The average molecular weight is 477 g/mol. The quantitative estimate of drug-likeness (QED) is 0.419. The van der Waals surface area contributed by atoms with Crippen molar-refractivity contribution in [3.05, 3.63) is 71.1 Å². The molecule has 1 unspecified atom stereocenters. The minimum Gasteiger partial charge on any atom is -0.465 e. The number of esters is 2. The summed E-state index contributed by atoms with van der Waals surface area (Å²) in [5.74, 6) is -1.73. The molecule has 1 N–H and O–H groups in total. The van der Waals surface area contributed by atoms with E-state index in [1.165, 1.54) is 43.4 Å². The lowest BCUT2D eigenvalue weighted by Crippen LogP contribution is -2.30. The topological polar surface area (TPSA) is 108 Å². The zero-order valence-electron chi connectivity index (χ0n) is 18.4. The molecule has 0 radical (unpaired) electrons. The lowest BCUT2D eigenvalue weighted by molar-refractivity contribution is -0.123. The number of nitrogens with zero attached hydrogens (tertiary/aromatic N) is 1. The van der Waals surface area contributed by atoms with Crippen LogP contribution < -0.4 is 5.32 Å². The van der Waals surface area contributed by atoms with Gasteiger partial charge in [-0.3, -0.25) is 4.79 Å². The van der Waals surface area contributed by atoms with E-state index in [1.54, 1.807) is 12.1 Å². The summed E-state index contributed by atoms with van der Waals surface area (Å²) in [4.78, 5) is 43.0. The predicted octanol–water partition coefficient (Wildman–Crippen LogP) is 4.63. The fourth-order valence-electron chi connectivity index (χ4n) is 4.03. The molecule has 1 aliphatic rings. The van der Waals surface area contributed by atoms with Crippen LogP contribution in [0.3, 0.4) is 0 Å². The van der Waals surface area contributed by atoms with E-state index < -0.39 is 23.9 Å². The average Bonchev–Trinajstić information content (AvgIpc) is 3.47. The fourth-order valence-corrected chi connectivity index (χ4v) is 5.33. The first-order valence-corrected chi connectivity index (χ1v) is 11.4. The number of aryl methyl sites for hydroxylation is 1. The molecule has 0 spiro atoms. The number of carbonyl (C=O) groups excluding carboxylic acids is 3. The molecule has 1 aliphatic carbocycles. The van der Waals surface area contributed by atoms with Gasteiger partial charge in [-0.1, -0.05) is 24.3 Å². The Bertz CT molecular complexity index is 1440. The third kappa shape index (κ3) is 3.84. The second-order valence-corrected chi connectivity index (χ2v) is 8.85. The summed E-state index contributed by atoms with van der Waals surface area (Å²) >= 11 is 1.32. The van der Waals surface area contributed by atoms with Crippen molar-refractivity contribution in [1.82, 2.24) is 4.98 Å².